The fraction of sp³-hybridized carbons (Fsp3) is 0.393. The van der Waals surface area contributed by atoms with E-state index in [1.54, 1.807) is 12.2 Å². The predicted octanol–water partition coefficient (Wildman–Crippen LogP) is 4.48. The summed E-state index contributed by atoms with van der Waals surface area (Å²) < 4.78 is 5.60. The summed E-state index contributed by atoms with van der Waals surface area (Å²) >= 11 is 0. The maximum Gasteiger partial charge on any atom is 0.407 e. The molecule has 4 rings (SSSR count). The molecule has 2 aromatic rings. The number of fused-ring (bicyclic) bond motifs is 3. The van der Waals surface area contributed by atoms with Crippen LogP contribution in [0.25, 0.3) is 11.1 Å². The van der Waals surface area contributed by atoms with E-state index in [0.29, 0.717) is 19.3 Å². The van der Waals surface area contributed by atoms with Crippen LogP contribution in [0.15, 0.2) is 60.7 Å². The number of ether oxygens (including phenoxy) is 1. The second-order valence-corrected chi connectivity index (χ2v) is 9.31. The van der Waals surface area contributed by atoms with Crippen LogP contribution in [-0.4, -0.2) is 42.3 Å². The van der Waals surface area contributed by atoms with Crippen LogP contribution < -0.4 is 10.6 Å². The number of carboxylic acid groups (broad SMARTS) is 1. The summed E-state index contributed by atoms with van der Waals surface area (Å²) in [4.78, 5) is 36.8. The summed E-state index contributed by atoms with van der Waals surface area (Å²) in [6.45, 7) is 3.94. The largest absolute Gasteiger partial charge is 0.481 e. The van der Waals surface area contributed by atoms with Crippen molar-refractivity contribution in [2.75, 3.05) is 13.2 Å². The van der Waals surface area contributed by atoms with E-state index in [9.17, 15) is 19.5 Å². The van der Waals surface area contributed by atoms with Gasteiger partial charge in [0.1, 0.15) is 6.61 Å². The van der Waals surface area contributed by atoms with Gasteiger partial charge in [-0.1, -0.05) is 74.5 Å². The van der Waals surface area contributed by atoms with Crippen LogP contribution in [0.5, 0.6) is 0 Å². The maximum atomic E-state index is 12.6. The zero-order valence-electron chi connectivity index (χ0n) is 20.1. The van der Waals surface area contributed by atoms with Gasteiger partial charge >= 0.3 is 12.1 Å². The zero-order valence-corrected chi connectivity index (χ0v) is 20.1. The molecule has 0 aromatic heterocycles. The van der Waals surface area contributed by atoms with Crippen LogP contribution in [0.4, 0.5) is 4.79 Å². The number of carbonyl (C=O) groups is 3. The first-order chi connectivity index (χ1) is 16.9. The monoisotopic (exact) mass is 476 g/mol. The third-order valence-corrected chi connectivity index (χ3v) is 7.48. The van der Waals surface area contributed by atoms with Crippen LogP contribution in [0.2, 0.25) is 0 Å². The summed E-state index contributed by atoms with van der Waals surface area (Å²) in [6.07, 6.45) is 4.30. The van der Waals surface area contributed by atoms with Crippen molar-refractivity contribution >= 4 is 18.0 Å². The normalized spacial score (nSPS) is 18.6. The number of nitrogens with one attached hydrogen (secondary N) is 2. The van der Waals surface area contributed by atoms with Gasteiger partial charge < -0.3 is 20.5 Å². The van der Waals surface area contributed by atoms with Gasteiger partial charge in [0.2, 0.25) is 5.91 Å². The van der Waals surface area contributed by atoms with Crippen molar-refractivity contribution in [3.63, 3.8) is 0 Å². The van der Waals surface area contributed by atoms with Crippen LogP contribution in [-0.2, 0) is 14.3 Å². The van der Waals surface area contributed by atoms with Gasteiger partial charge in [0.15, 0.2) is 0 Å². The lowest BCUT2D eigenvalue weighted by Crippen LogP contribution is -2.44. The van der Waals surface area contributed by atoms with E-state index >= 15 is 0 Å². The molecule has 0 bridgehead atoms. The second kappa shape index (κ2) is 10.3. The number of carboxylic acids is 1. The first-order valence-electron chi connectivity index (χ1n) is 12.2. The molecule has 7 nitrogen and oxygen atoms in total. The van der Waals surface area contributed by atoms with Crippen molar-refractivity contribution in [3.8, 4) is 11.1 Å². The molecule has 2 aromatic carbocycles. The van der Waals surface area contributed by atoms with Crippen LogP contribution >= 0.6 is 0 Å². The Morgan fingerprint density at radius 1 is 0.971 bits per heavy atom. The highest BCUT2D eigenvalue weighted by Crippen LogP contribution is 2.44. The summed E-state index contributed by atoms with van der Waals surface area (Å²) in [6, 6.07) is 16.0. The molecular formula is C28H32N2O5. The standard InChI is InChI=1S/C28H32N2O5/c1-3-28(4-2,26(32)33)17-29-25(31)18-13-14-19(15-18)30-27(34)35-16-24-22-11-7-5-9-20(22)21-10-6-8-12-23(21)24/h5-14,18-19,24H,3-4,15-17H2,1-2H3,(H,29,31)(H,30,34)(H,32,33). The Hall–Kier alpha value is -3.61. The number of hydrogen-bond donors (Lipinski definition) is 3. The van der Waals surface area contributed by atoms with Gasteiger partial charge in [0.25, 0.3) is 0 Å². The Morgan fingerprint density at radius 3 is 2.14 bits per heavy atom. The van der Waals surface area contributed by atoms with Gasteiger partial charge in [0, 0.05) is 12.5 Å². The first kappa shape index (κ1) is 24.5. The molecule has 2 aliphatic rings. The molecule has 184 valence electrons. The Balaban J connectivity index is 1.28. The predicted molar refractivity (Wildman–Crippen MR) is 133 cm³/mol. The summed E-state index contributed by atoms with van der Waals surface area (Å²) in [7, 11) is 0. The number of carbonyl (C=O) groups excluding carboxylic acids is 2. The van der Waals surface area contributed by atoms with E-state index in [1.165, 1.54) is 11.1 Å². The van der Waals surface area contributed by atoms with E-state index in [-0.39, 0.29) is 31.0 Å². The van der Waals surface area contributed by atoms with Crippen LogP contribution in [0.3, 0.4) is 0 Å². The zero-order chi connectivity index (χ0) is 25.0. The molecule has 0 aliphatic heterocycles. The number of rotatable bonds is 9. The molecule has 2 unspecified atom stereocenters. The smallest absolute Gasteiger partial charge is 0.407 e. The summed E-state index contributed by atoms with van der Waals surface area (Å²) in [5, 5.41) is 15.2. The third-order valence-electron chi connectivity index (χ3n) is 7.48. The molecule has 0 spiro atoms. The molecule has 3 N–H and O–H groups in total. The lowest BCUT2D eigenvalue weighted by Gasteiger charge is -2.27. The first-order valence-corrected chi connectivity index (χ1v) is 12.2. The molecule has 35 heavy (non-hydrogen) atoms. The number of alkyl carbamates (subject to hydrolysis) is 1. The third kappa shape index (κ3) is 4.94. The van der Waals surface area contributed by atoms with Crippen LogP contribution in [0, 0.1) is 11.3 Å². The van der Waals surface area contributed by atoms with Gasteiger partial charge in [0.05, 0.1) is 17.4 Å². The highest BCUT2D eigenvalue weighted by molar-refractivity contribution is 5.83. The molecule has 2 amide bonds. The topological polar surface area (TPSA) is 105 Å². The summed E-state index contributed by atoms with van der Waals surface area (Å²) in [5.41, 5.74) is 3.67. The molecule has 0 saturated heterocycles. The van der Waals surface area contributed by atoms with Gasteiger partial charge in [-0.3, -0.25) is 9.59 Å². The van der Waals surface area contributed by atoms with Crippen LogP contribution in [0.1, 0.15) is 50.2 Å². The van der Waals surface area contributed by atoms with Crippen molar-refractivity contribution in [2.45, 2.75) is 45.1 Å². The number of hydrogen-bond acceptors (Lipinski definition) is 4. The average Bonchev–Trinajstić information content (AvgIpc) is 3.46. The fourth-order valence-corrected chi connectivity index (χ4v) is 5.06. The highest BCUT2D eigenvalue weighted by atomic mass is 16.5. The lowest BCUT2D eigenvalue weighted by atomic mass is 9.82. The Kier molecular flexibility index (Phi) is 7.24. The SMILES string of the molecule is CCC(CC)(CNC(=O)C1C=CC(NC(=O)OCC2c3ccccc3-c3ccccc32)C1)C(=O)O. The van der Waals surface area contributed by atoms with Gasteiger partial charge in [-0.2, -0.15) is 0 Å². The van der Waals surface area contributed by atoms with E-state index in [0.717, 1.165) is 11.1 Å². The van der Waals surface area contributed by atoms with Crippen molar-refractivity contribution < 1.29 is 24.2 Å². The van der Waals surface area contributed by atoms with Gasteiger partial charge in [-0.25, -0.2) is 4.79 Å². The lowest BCUT2D eigenvalue weighted by molar-refractivity contribution is -0.149. The highest BCUT2D eigenvalue weighted by Gasteiger charge is 2.36. The van der Waals surface area contributed by atoms with Crippen molar-refractivity contribution in [3.05, 3.63) is 71.8 Å². The maximum absolute atomic E-state index is 12.6. The molecule has 7 heteroatoms. The minimum Gasteiger partial charge on any atom is -0.481 e. The van der Waals surface area contributed by atoms with E-state index in [2.05, 4.69) is 34.9 Å². The van der Waals surface area contributed by atoms with Crippen molar-refractivity contribution in [1.82, 2.24) is 10.6 Å². The van der Waals surface area contributed by atoms with Crippen molar-refractivity contribution in [2.24, 2.45) is 11.3 Å². The molecule has 0 radical (unpaired) electrons. The Labute approximate surface area is 205 Å². The molecule has 0 heterocycles. The Morgan fingerprint density at radius 2 is 1.57 bits per heavy atom. The summed E-state index contributed by atoms with van der Waals surface area (Å²) in [5.74, 6) is -1.57. The number of benzene rings is 2. The molecule has 2 atom stereocenters. The average molecular weight is 477 g/mol. The van der Waals surface area contributed by atoms with E-state index in [4.69, 9.17) is 4.74 Å². The van der Waals surface area contributed by atoms with E-state index in [1.807, 2.05) is 38.1 Å². The number of amides is 2. The molecular weight excluding hydrogens is 444 g/mol. The minimum atomic E-state index is -0.961. The van der Waals surface area contributed by atoms with Crippen molar-refractivity contribution in [1.29, 1.82) is 0 Å². The van der Waals surface area contributed by atoms with Gasteiger partial charge in [-0.15, -0.1) is 0 Å². The second-order valence-electron chi connectivity index (χ2n) is 9.31. The number of aliphatic carboxylic acids is 1. The minimum absolute atomic E-state index is 0.0163. The quantitative estimate of drug-likeness (QED) is 0.463. The molecule has 0 fully saturated rings. The molecule has 2 aliphatic carbocycles. The fourth-order valence-electron chi connectivity index (χ4n) is 5.06. The van der Waals surface area contributed by atoms with Gasteiger partial charge in [-0.05, 0) is 41.5 Å². The molecule has 0 saturated carbocycles. The van der Waals surface area contributed by atoms with E-state index < -0.39 is 23.4 Å². The Bertz CT molecular complexity index is 1090.